The summed E-state index contributed by atoms with van der Waals surface area (Å²) in [5, 5.41) is 10.6. The molecule has 2 aromatic rings. The van der Waals surface area contributed by atoms with Crippen molar-refractivity contribution in [2.75, 3.05) is 7.11 Å². The molecular formula is C14H11O6-. The maximum absolute atomic E-state index is 10.7. The molecule has 1 aromatic carbocycles. The van der Waals surface area contributed by atoms with E-state index >= 15 is 0 Å². The van der Waals surface area contributed by atoms with Crippen LogP contribution in [0.1, 0.15) is 26.7 Å². The molecule has 0 amide bonds. The maximum atomic E-state index is 10.7. The highest BCUT2D eigenvalue weighted by molar-refractivity contribution is 5.82. The number of hydrogen-bond donors (Lipinski definition) is 0. The van der Waals surface area contributed by atoms with E-state index in [1.54, 1.807) is 12.1 Å². The Morgan fingerprint density at radius 3 is 2.70 bits per heavy atom. The Balaban J connectivity index is 2.09. The monoisotopic (exact) mass is 275 g/mol. The second-order valence-electron chi connectivity index (χ2n) is 3.87. The number of furan rings is 1. The number of carbonyl (C=O) groups excluding carboxylic acids is 2. The van der Waals surface area contributed by atoms with Gasteiger partial charge in [0.2, 0.25) is 0 Å². The molecule has 0 aliphatic heterocycles. The number of ether oxygens (including phenoxy) is 2. The predicted molar refractivity (Wildman–Crippen MR) is 65.8 cm³/mol. The molecule has 1 heterocycles. The van der Waals surface area contributed by atoms with E-state index in [1.807, 2.05) is 0 Å². The standard InChI is InChI=1S/C14H12O6/c1-18-13-6-9(7-15)2-4-11(13)19-8-10-3-5-12(20-10)14(16)17/h2-7H,8H2,1H3,(H,16,17)/p-1. The average molecular weight is 275 g/mol. The summed E-state index contributed by atoms with van der Waals surface area (Å²) >= 11 is 0. The van der Waals surface area contributed by atoms with Gasteiger partial charge >= 0.3 is 0 Å². The lowest BCUT2D eigenvalue weighted by Crippen LogP contribution is -2.21. The molecule has 0 saturated carbocycles. The van der Waals surface area contributed by atoms with Crippen LogP contribution in [0.4, 0.5) is 0 Å². The minimum absolute atomic E-state index is 0.0318. The summed E-state index contributed by atoms with van der Waals surface area (Å²) in [7, 11) is 1.46. The number of carboxylic acids is 1. The molecule has 0 fully saturated rings. The van der Waals surface area contributed by atoms with E-state index in [4.69, 9.17) is 13.9 Å². The van der Waals surface area contributed by atoms with Gasteiger partial charge in [0, 0.05) is 5.56 Å². The molecule has 0 atom stereocenters. The number of rotatable bonds is 6. The summed E-state index contributed by atoms with van der Waals surface area (Å²) < 4.78 is 15.6. The zero-order chi connectivity index (χ0) is 14.5. The Bertz CT molecular complexity index is 628. The van der Waals surface area contributed by atoms with Gasteiger partial charge in [-0.05, 0) is 30.3 Å². The van der Waals surface area contributed by atoms with E-state index in [9.17, 15) is 14.7 Å². The zero-order valence-corrected chi connectivity index (χ0v) is 10.6. The van der Waals surface area contributed by atoms with Crippen LogP contribution in [-0.4, -0.2) is 19.4 Å². The van der Waals surface area contributed by atoms with Gasteiger partial charge in [0.15, 0.2) is 11.5 Å². The largest absolute Gasteiger partial charge is 0.542 e. The number of benzene rings is 1. The van der Waals surface area contributed by atoms with Crippen molar-refractivity contribution in [1.29, 1.82) is 0 Å². The summed E-state index contributed by atoms with van der Waals surface area (Å²) in [4.78, 5) is 21.2. The van der Waals surface area contributed by atoms with E-state index in [2.05, 4.69) is 0 Å². The third kappa shape index (κ3) is 2.97. The second-order valence-corrected chi connectivity index (χ2v) is 3.87. The normalized spacial score (nSPS) is 10.1. The quantitative estimate of drug-likeness (QED) is 0.732. The predicted octanol–water partition coefficient (Wildman–Crippen LogP) is 1.04. The number of hydrogen-bond acceptors (Lipinski definition) is 6. The Morgan fingerprint density at radius 2 is 2.10 bits per heavy atom. The van der Waals surface area contributed by atoms with Gasteiger partial charge in [-0.3, -0.25) is 4.79 Å². The SMILES string of the molecule is COc1cc(C=O)ccc1OCc1ccc(C(=O)[O-])o1. The van der Waals surface area contributed by atoms with E-state index in [0.29, 0.717) is 29.1 Å². The fraction of sp³-hybridized carbons (Fsp3) is 0.143. The Hall–Kier alpha value is -2.76. The van der Waals surface area contributed by atoms with E-state index < -0.39 is 5.97 Å². The molecule has 20 heavy (non-hydrogen) atoms. The van der Waals surface area contributed by atoms with Crippen LogP contribution in [0.2, 0.25) is 0 Å². The van der Waals surface area contributed by atoms with Crippen molar-refractivity contribution in [2.45, 2.75) is 6.61 Å². The first-order valence-corrected chi connectivity index (χ1v) is 5.70. The first-order valence-electron chi connectivity index (χ1n) is 5.70. The number of carboxylic acid groups (broad SMARTS) is 1. The molecule has 6 nitrogen and oxygen atoms in total. The van der Waals surface area contributed by atoms with Gasteiger partial charge in [-0.2, -0.15) is 0 Å². The van der Waals surface area contributed by atoms with Crippen LogP contribution in [0.3, 0.4) is 0 Å². The van der Waals surface area contributed by atoms with E-state index in [0.717, 1.165) is 0 Å². The topological polar surface area (TPSA) is 88.8 Å². The molecule has 0 aliphatic rings. The molecule has 104 valence electrons. The van der Waals surface area contributed by atoms with Crippen LogP contribution in [-0.2, 0) is 6.61 Å². The number of aldehydes is 1. The zero-order valence-electron chi connectivity index (χ0n) is 10.6. The van der Waals surface area contributed by atoms with Crippen molar-refractivity contribution < 1.29 is 28.6 Å². The molecular weight excluding hydrogens is 264 g/mol. The fourth-order valence-electron chi connectivity index (χ4n) is 1.59. The third-order valence-electron chi connectivity index (χ3n) is 2.56. The van der Waals surface area contributed by atoms with Crippen molar-refractivity contribution in [1.82, 2.24) is 0 Å². The van der Waals surface area contributed by atoms with Gasteiger partial charge in [-0.15, -0.1) is 0 Å². The number of carbonyl (C=O) groups is 2. The van der Waals surface area contributed by atoms with Crippen molar-refractivity contribution in [3.63, 3.8) is 0 Å². The van der Waals surface area contributed by atoms with Gasteiger partial charge in [-0.25, -0.2) is 0 Å². The molecule has 0 unspecified atom stereocenters. The maximum Gasteiger partial charge on any atom is 0.161 e. The van der Waals surface area contributed by atoms with Crippen molar-refractivity contribution in [3.05, 3.63) is 47.4 Å². The van der Waals surface area contributed by atoms with E-state index in [-0.39, 0.29) is 12.4 Å². The smallest absolute Gasteiger partial charge is 0.161 e. The molecule has 0 bridgehead atoms. The van der Waals surface area contributed by atoms with Crippen molar-refractivity contribution >= 4 is 12.3 Å². The van der Waals surface area contributed by atoms with Crippen LogP contribution in [0, 0.1) is 0 Å². The fourth-order valence-corrected chi connectivity index (χ4v) is 1.59. The van der Waals surface area contributed by atoms with E-state index in [1.165, 1.54) is 25.3 Å². The highest BCUT2D eigenvalue weighted by atomic mass is 16.5. The lowest BCUT2D eigenvalue weighted by Gasteiger charge is -2.09. The molecule has 0 radical (unpaired) electrons. The molecule has 0 aliphatic carbocycles. The molecule has 0 saturated heterocycles. The van der Waals surface area contributed by atoms with Crippen LogP contribution in [0.25, 0.3) is 0 Å². The summed E-state index contributed by atoms with van der Waals surface area (Å²) in [5.41, 5.74) is 0.464. The summed E-state index contributed by atoms with van der Waals surface area (Å²) in [6.45, 7) is 0.0318. The first kappa shape index (κ1) is 13.7. The van der Waals surface area contributed by atoms with Crippen LogP contribution >= 0.6 is 0 Å². The molecule has 2 rings (SSSR count). The van der Waals surface area contributed by atoms with Gasteiger partial charge in [-0.1, -0.05) is 0 Å². The molecule has 0 N–H and O–H groups in total. The second kappa shape index (κ2) is 5.92. The van der Waals surface area contributed by atoms with Crippen molar-refractivity contribution in [3.8, 4) is 11.5 Å². The minimum atomic E-state index is -1.39. The van der Waals surface area contributed by atoms with Crippen LogP contribution in [0.5, 0.6) is 11.5 Å². The molecule has 0 spiro atoms. The lowest BCUT2D eigenvalue weighted by molar-refractivity contribution is -0.257. The van der Waals surface area contributed by atoms with Crippen molar-refractivity contribution in [2.24, 2.45) is 0 Å². The highest BCUT2D eigenvalue weighted by Crippen LogP contribution is 2.28. The lowest BCUT2D eigenvalue weighted by atomic mass is 10.2. The third-order valence-corrected chi connectivity index (χ3v) is 2.56. The number of aromatic carboxylic acids is 1. The van der Waals surface area contributed by atoms with Gasteiger partial charge in [0.05, 0.1) is 7.11 Å². The highest BCUT2D eigenvalue weighted by Gasteiger charge is 2.08. The van der Waals surface area contributed by atoms with Gasteiger partial charge in [0.1, 0.15) is 30.4 Å². The minimum Gasteiger partial charge on any atom is -0.542 e. The summed E-state index contributed by atoms with van der Waals surface area (Å²) in [5.74, 6) is -0.479. The van der Waals surface area contributed by atoms with Gasteiger partial charge in [0.25, 0.3) is 0 Å². The summed E-state index contributed by atoms with van der Waals surface area (Å²) in [6, 6.07) is 7.49. The van der Waals surface area contributed by atoms with Crippen LogP contribution < -0.4 is 14.6 Å². The molecule has 1 aromatic heterocycles. The Morgan fingerprint density at radius 1 is 1.30 bits per heavy atom. The summed E-state index contributed by atoms with van der Waals surface area (Å²) in [6.07, 6.45) is 0.699. The molecule has 6 heteroatoms. The first-order chi connectivity index (χ1) is 9.63. The van der Waals surface area contributed by atoms with Gasteiger partial charge < -0.3 is 23.8 Å². The Labute approximate surface area is 114 Å². The Kier molecular flexibility index (Phi) is 4.05. The van der Waals surface area contributed by atoms with Crippen LogP contribution in [0.15, 0.2) is 34.7 Å². The average Bonchev–Trinajstić information content (AvgIpc) is 2.94. The number of methoxy groups -OCH3 is 1.